The molecule has 2 fully saturated rings. The lowest BCUT2D eigenvalue weighted by molar-refractivity contribution is 0.141. The molecule has 0 spiro atoms. The molecule has 150 valence electrons. The molecule has 27 heavy (non-hydrogen) atoms. The fourth-order valence-corrected chi connectivity index (χ4v) is 5.72. The van der Waals surface area contributed by atoms with Crippen LogP contribution in [0.15, 0.2) is 30.9 Å². The van der Waals surface area contributed by atoms with Gasteiger partial charge in [-0.15, -0.1) is 6.58 Å². The first-order valence-electron chi connectivity index (χ1n) is 11.2. The van der Waals surface area contributed by atoms with E-state index in [0.717, 1.165) is 30.1 Å². The minimum Gasteiger partial charge on any atom is -0.205 e. The van der Waals surface area contributed by atoms with E-state index in [1.165, 1.54) is 88.7 Å². The zero-order chi connectivity index (χ0) is 19.1. The largest absolute Gasteiger partial charge is 0.205 e. The standard InChI is InChI=1S/C25H36ClF/c1-2-3-4-5-19-8-13-22(14-9-19)23-15-10-20(11-16-23)6-7-21-12-17-25(27)24(26)18-21/h2,12,17-20,22-23H,1,3-11,13-16H2. The van der Waals surface area contributed by atoms with Crippen molar-refractivity contribution < 1.29 is 4.39 Å². The van der Waals surface area contributed by atoms with Crippen LogP contribution in [0.4, 0.5) is 4.39 Å². The first kappa shape index (κ1) is 20.9. The van der Waals surface area contributed by atoms with Gasteiger partial charge in [0, 0.05) is 0 Å². The molecule has 0 radical (unpaired) electrons. The van der Waals surface area contributed by atoms with Crippen LogP contribution in [0, 0.1) is 29.5 Å². The van der Waals surface area contributed by atoms with Crippen LogP contribution in [0.3, 0.4) is 0 Å². The number of halogens is 2. The molecule has 0 N–H and O–H groups in total. The molecular formula is C25H36ClF. The van der Waals surface area contributed by atoms with E-state index in [0.29, 0.717) is 0 Å². The molecule has 0 amide bonds. The fourth-order valence-electron chi connectivity index (χ4n) is 5.51. The lowest BCUT2D eigenvalue weighted by Crippen LogP contribution is -2.26. The predicted molar refractivity (Wildman–Crippen MR) is 115 cm³/mol. The third-order valence-electron chi connectivity index (χ3n) is 7.30. The van der Waals surface area contributed by atoms with Crippen molar-refractivity contribution in [2.24, 2.45) is 23.7 Å². The molecule has 3 rings (SSSR count). The number of benzene rings is 1. The third kappa shape index (κ3) is 6.34. The molecule has 2 heteroatoms. The maximum atomic E-state index is 13.3. The molecule has 0 saturated heterocycles. The van der Waals surface area contributed by atoms with Gasteiger partial charge in [-0.05, 0) is 92.7 Å². The van der Waals surface area contributed by atoms with E-state index in [4.69, 9.17) is 11.6 Å². The first-order chi connectivity index (χ1) is 13.2. The van der Waals surface area contributed by atoms with Gasteiger partial charge >= 0.3 is 0 Å². The van der Waals surface area contributed by atoms with Crippen LogP contribution in [0.25, 0.3) is 0 Å². The first-order valence-corrected chi connectivity index (χ1v) is 11.6. The van der Waals surface area contributed by atoms with Gasteiger partial charge < -0.3 is 0 Å². The number of hydrogen-bond acceptors (Lipinski definition) is 0. The van der Waals surface area contributed by atoms with Crippen molar-refractivity contribution in [3.8, 4) is 0 Å². The average molecular weight is 391 g/mol. The highest BCUT2D eigenvalue weighted by Gasteiger charge is 2.30. The normalized spacial score (nSPS) is 28.8. The summed E-state index contributed by atoms with van der Waals surface area (Å²) < 4.78 is 13.3. The zero-order valence-electron chi connectivity index (χ0n) is 16.8. The van der Waals surface area contributed by atoms with Crippen molar-refractivity contribution in [3.05, 3.63) is 47.3 Å². The molecule has 2 aliphatic carbocycles. The van der Waals surface area contributed by atoms with Crippen LogP contribution in [0.5, 0.6) is 0 Å². The Kier molecular flexibility index (Phi) is 8.24. The second-order valence-corrected chi connectivity index (χ2v) is 9.48. The van der Waals surface area contributed by atoms with E-state index in [-0.39, 0.29) is 10.8 Å². The van der Waals surface area contributed by atoms with Gasteiger partial charge in [-0.2, -0.15) is 0 Å². The summed E-state index contributed by atoms with van der Waals surface area (Å²) in [6.07, 6.45) is 19.8. The number of rotatable bonds is 8. The Morgan fingerprint density at radius 2 is 1.52 bits per heavy atom. The van der Waals surface area contributed by atoms with Crippen LogP contribution < -0.4 is 0 Å². The van der Waals surface area contributed by atoms with E-state index < -0.39 is 0 Å². The highest BCUT2D eigenvalue weighted by Crippen LogP contribution is 2.43. The van der Waals surface area contributed by atoms with Crippen LogP contribution in [0.2, 0.25) is 5.02 Å². The maximum absolute atomic E-state index is 13.3. The molecule has 0 atom stereocenters. The predicted octanol–water partition coefficient (Wildman–Crippen LogP) is 8.38. The molecule has 0 bridgehead atoms. The highest BCUT2D eigenvalue weighted by molar-refractivity contribution is 6.30. The summed E-state index contributed by atoms with van der Waals surface area (Å²) in [6.45, 7) is 3.84. The topological polar surface area (TPSA) is 0 Å². The van der Waals surface area contributed by atoms with Gasteiger partial charge in [0.1, 0.15) is 5.82 Å². The Hall–Kier alpha value is -0.820. The number of aryl methyl sites for hydroxylation is 1. The van der Waals surface area contributed by atoms with E-state index in [1.807, 2.05) is 6.07 Å². The van der Waals surface area contributed by atoms with E-state index in [1.54, 1.807) is 6.07 Å². The van der Waals surface area contributed by atoms with Crippen molar-refractivity contribution in [1.82, 2.24) is 0 Å². The molecule has 0 aromatic heterocycles. The second-order valence-electron chi connectivity index (χ2n) is 9.07. The zero-order valence-corrected chi connectivity index (χ0v) is 17.5. The van der Waals surface area contributed by atoms with Gasteiger partial charge in [0.25, 0.3) is 0 Å². The van der Waals surface area contributed by atoms with Crippen LogP contribution in [-0.4, -0.2) is 0 Å². The van der Waals surface area contributed by atoms with E-state index in [9.17, 15) is 4.39 Å². The summed E-state index contributed by atoms with van der Waals surface area (Å²) >= 11 is 5.91. The third-order valence-corrected chi connectivity index (χ3v) is 7.59. The molecule has 1 aromatic carbocycles. The Bertz CT molecular complexity index is 580. The van der Waals surface area contributed by atoms with Gasteiger partial charge in [0.05, 0.1) is 5.02 Å². The van der Waals surface area contributed by atoms with Crippen molar-refractivity contribution >= 4 is 11.6 Å². The van der Waals surface area contributed by atoms with Crippen LogP contribution >= 0.6 is 11.6 Å². The molecule has 0 nitrogen and oxygen atoms in total. The molecule has 0 heterocycles. The Morgan fingerprint density at radius 1 is 0.926 bits per heavy atom. The molecule has 1 aromatic rings. The summed E-state index contributed by atoms with van der Waals surface area (Å²) in [5.41, 5.74) is 1.18. The molecule has 0 aliphatic heterocycles. The fraction of sp³-hybridized carbons (Fsp3) is 0.680. The highest BCUT2D eigenvalue weighted by atomic mass is 35.5. The second kappa shape index (κ2) is 10.6. The summed E-state index contributed by atoms with van der Waals surface area (Å²) in [5.74, 6) is 3.50. The smallest absolute Gasteiger partial charge is 0.141 e. The SMILES string of the molecule is C=CCCCC1CCC(C2CCC(CCc3ccc(F)c(Cl)c3)CC2)CC1. The Morgan fingerprint density at radius 3 is 2.07 bits per heavy atom. The van der Waals surface area contributed by atoms with Gasteiger partial charge in [-0.3, -0.25) is 0 Å². The summed E-state index contributed by atoms with van der Waals surface area (Å²) in [5, 5.41) is 0.260. The molecule has 2 saturated carbocycles. The number of allylic oxidation sites excluding steroid dienone is 1. The summed E-state index contributed by atoms with van der Waals surface area (Å²) in [6, 6.07) is 5.19. The quantitative estimate of drug-likeness (QED) is 0.309. The number of hydrogen-bond donors (Lipinski definition) is 0. The Balaban J connectivity index is 1.34. The molecule has 0 unspecified atom stereocenters. The lowest BCUT2D eigenvalue weighted by Gasteiger charge is -2.38. The minimum absolute atomic E-state index is 0.260. The van der Waals surface area contributed by atoms with Gasteiger partial charge in [0.2, 0.25) is 0 Å². The van der Waals surface area contributed by atoms with Crippen LogP contribution in [0.1, 0.15) is 82.6 Å². The monoisotopic (exact) mass is 390 g/mol. The molecular weight excluding hydrogens is 355 g/mol. The Labute approximate surface area is 170 Å². The van der Waals surface area contributed by atoms with E-state index in [2.05, 4.69) is 12.7 Å². The minimum atomic E-state index is -0.309. The van der Waals surface area contributed by atoms with Crippen molar-refractivity contribution in [1.29, 1.82) is 0 Å². The van der Waals surface area contributed by atoms with Crippen LogP contribution in [-0.2, 0) is 6.42 Å². The van der Waals surface area contributed by atoms with Gasteiger partial charge in [0.15, 0.2) is 0 Å². The van der Waals surface area contributed by atoms with Gasteiger partial charge in [-0.1, -0.05) is 55.8 Å². The molecule has 2 aliphatic rings. The van der Waals surface area contributed by atoms with Crippen molar-refractivity contribution in [2.45, 2.75) is 83.5 Å². The summed E-state index contributed by atoms with van der Waals surface area (Å²) in [7, 11) is 0. The van der Waals surface area contributed by atoms with E-state index >= 15 is 0 Å². The van der Waals surface area contributed by atoms with Crippen molar-refractivity contribution in [2.75, 3.05) is 0 Å². The number of unbranched alkanes of at least 4 members (excludes halogenated alkanes) is 1. The van der Waals surface area contributed by atoms with Crippen molar-refractivity contribution in [3.63, 3.8) is 0 Å². The average Bonchev–Trinajstić information content (AvgIpc) is 2.70. The maximum Gasteiger partial charge on any atom is 0.141 e. The lowest BCUT2D eigenvalue weighted by atomic mass is 9.68. The summed E-state index contributed by atoms with van der Waals surface area (Å²) in [4.78, 5) is 0. The van der Waals surface area contributed by atoms with Gasteiger partial charge in [-0.25, -0.2) is 4.39 Å².